The van der Waals surface area contributed by atoms with Crippen molar-refractivity contribution in [1.29, 1.82) is 0 Å². The van der Waals surface area contributed by atoms with E-state index in [1.165, 1.54) is 4.90 Å². The topological polar surface area (TPSA) is 90.6 Å². The van der Waals surface area contributed by atoms with Crippen molar-refractivity contribution >= 4 is 11.9 Å². The number of ether oxygens (including phenoxy) is 2. The van der Waals surface area contributed by atoms with Crippen LogP contribution in [0.5, 0.6) is 5.75 Å². The first kappa shape index (κ1) is 17.7. The molecule has 0 radical (unpaired) electrons. The van der Waals surface area contributed by atoms with Gasteiger partial charge in [0.25, 0.3) is 5.91 Å². The Bertz CT molecular complexity index is 704. The lowest BCUT2D eigenvalue weighted by molar-refractivity contribution is 0.0822. The van der Waals surface area contributed by atoms with Gasteiger partial charge >= 0.3 is 0 Å². The maximum Gasteiger partial charge on any atom is 0.272 e. The fraction of sp³-hybridized carbons (Fsp3) is 0.353. The van der Waals surface area contributed by atoms with E-state index >= 15 is 0 Å². The Labute approximate surface area is 141 Å². The van der Waals surface area contributed by atoms with E-state index in [0.717, 1.165) is 5.56 Å². The van der Waals surface area contributed by atoms with Gasteiger partial charge in [0.15, 0.2) is 0 Å². The highest BCUT2D eigenvalue weighted by atomic mass is 16.5. The first-order chi connectivity index (χ1) is 11.5. The molecule has 1 aromatic carbocycles. The molecule has 0 aliphatic rings. The third kappa shape index (κ3) is 4.42. The number of carbonyl (C=O) groups excluding carboxylic acids is 1. The highest BCUT2D eigenvalue weighted by Gasteiger charge is 2.15. The average Bonchev–Trinajstić information content (AvgIpc) is 2.57. The average molecular weight is 330 g/mol. The summed E-state index contributed by atoms with van der Waals surface area (Å²) in [4.78, 5) is 21.8. The predicted octanol–water partition coefficient (Wildman–Crippen LogP) is 1.84. The molecule has 2 rings (SSSR count). The van der Waals surface area contributed by atoms with Crippen molar-refractivity contribution in [3.8, 4) is 17.0 Å². The van der Waals surface area contributed by atoms with E-state index in [4.69, 9.17) is 15.2 Å². The normalized spacial score (nSPS) is 10.5. The molecule has 0 aliphatic heterocycles. The summed E-state index contributed by atoms with van der Waals surface area (Å²) in [7, 11) is 3.32. The molecule has 24 heavy (non-hydrogen) atoms. The number of para-hydroxylation sites is 1. The molecule has 7 heteroatoms. The number of carbonyl (C=O) groups is 1. The van der Waals surface area contributed by atoms with Crippen LogP contribution in [0.15, 0.2) is 30.3 Å². The Morgan fingerprint density at radius 2 is 1.96 bits per heavy atom. The van der Waals surface area contributed by atoms with Crippen molar-refractivity contribution in [3.63, 3.8) is 0 Å². The number of rotatable bonds is 7. The Morgan fingerprint density at radius 3 is 2.67 bits per heavy atom. The second-order valence-electron chi connectivity index (χ2n) is 5.24. The molecule has 1 heterocycles. The minimum absolute atomic E-state index is 0.0434. The van der Waals surface area contributed by atoms with E-state index in [1.807, 2.05) is 31.2 Å². The number of benzene rings is 1. The van der Waals surface area contributed by atoms with Gasteiger partial charge in [-0.2, -0.15) is 0 Å². The quantitative estimate of drug-likeness (QED) is 0.779. The van der Waals surface area contributed by atoms with Crippen molar-refractivity contribution in [2.24, 2.45) is 0 Å². The van der Waals surface area contributed by atoms with Gasteiger partial charge in [0, 0.05) is 26.3 Å². The van der Waals surface area contributed by atoms with E-state index in [1.54, 1.807) is 20.2 Å². The summed E-state index contributed by atoms with van der Waals surface area (Å²) >= 11 is 0. The molecule has 1 amide bonds. The number of aromatic nitrogens is 2. The number of anilines is 1. The van der Waals surface area contributed by atoms with Gasteiger partial charge in [0.1, 0.15) is 18.1 Å². The highest BCUT2D eigenvalue weighted by Crippen LogP contribution is 2.29. The zero-order valence-corrected chi connectivity index (χ0v) is 14.2. The van der Waals surface area contributed by atoms with Crippen molar-refractivity contribution in [3.05, 3.63) is 36.0 Å². The fourth-order valence-corrected chi connectivity index (χ4v) is 2.10. The van der Waals surface area contributed by atoms with Gasteiger partial charge in [0.05, 0.1) is 12.3 Å². The smallest absolute Gasteiger partial charge is 0.272 e. The Balaban J connectivity index is 2.32. The highest BCUT2D eigenvalue weighted by molar-refractivity contribution is 5.93. The van der Waals surface area contributed by atoms with Crippen molar-refractivity contribution in [2.45, 2.75) is 6.92 Å². The number of nitrogens with two attached hydrogens (primary N) is 1. The van der Waals surface area contributed by atoms with Crippen molar-refractivity contribution < 1.29 is 14.3 Å². The van der Waals surface area contributed by atoms with Gasteiger partial charge in [-0.25, -0.2) is 9.97 Å². The van der Waals surface area contributed by atoms with Crippen LogP contribution < -0.4 is 10.5 Å². The van der Waals surface area contributed by atoms with Crippen LogP contribution in [0, 0.1) is 0 Å². The van der Waals surface area contributed by atoms with E-state index < -0.39 is 0 Å². The minimum Gasteiger partial charge on any atom is -0.490 e. The number of hydrogen-bond acceptors (Lipinski definition) is 6. The van der Waals surface area contributed by atoms with Crippen LogP contribution in [0.1, 0.15) is 17.4 Å². The lowest BCUT2D eigenvalue weighted by atomic mass is 10.1. The second-order valence-corrected chi connectivity index (χ2v) is 5.24. The molecular weight excluding hydrogens is 308 g/mol. The Kier molecular flexibility index (Phi) is 6.08. The summed E-state index contributed by atoms with van der Waals surface area (Å²) in [6.07, 6.45) is 0. The molecule has 2 N–H and O–H groups in total. The van der Waals surface area contributed by atoms with Gasteiger partial charge in [-0.05, 0) is 25.1 Å². The second kappa shape index (κ2) is 8.26. The van der Waals surface area contributed by atoms with Crippen LogP contribution in [0.2, 0.25) is 0 Å². The number of nitrogens with zero attached hydrogens (tertiary/aromatic N) is 3. The summed E-state index contributed by atoms with van der Waals surface area (Å²) < 4.78 is 11.0. The Morgan fingerprint density at radius 1 is 1.21 bits per heavy atom. The molecule has 0 atom stereocenters. The van der Waals surface area contributed by atoms with Crippen LogP contribution in [0.3, 0.4) is 0 Å². The zero-order valence-electron chi connectivity index (χ0n) is 14.2. The van der Waals surface area contributed by atoms with Crippen molar-refractivity contribution in [2.75, 3.05) is 39.6 Å². The SMILES string of the molecule is CCOCCOc1ccccc1-c1cc(C(=O)N(C)C)nc(N)n1. The maximum absolute atomic E-state index is 12.1. The lowest BCUT2D eigenvalue weighted by Crippen LogP contribution is -2.23. The molecule has 0 saturated heterocycles. The van der Waals surface area contributed by atoms with Gasteiger partial charge < -0.3 is 20.1 Å². The monoisotopic (exact) mass is 330 g/mol. The van der Waals surface area contributed by atoms with Crippen LogP contribution in [0.25, 0.3) is 11.3 Å². The molecule has 1 aromatic heterocycles. The number of amides is 1. The molecule has 0 unspecified atom stereocenters. The fourth-order valence-electron chi connectivity index (χ4n) is 2.10. The summed E-state index contributed by atoms with van der Waals surface area (Å²) in [6, 6.07) is 9.06. The third-order valence-electron chi connectivity index (χ3n) is 3.22. The molecule has 0 fully saturated rings. The molecule has 0 bridgehead atoms. The first-order valence-electron chi connectivity index (χ1n) is 7.69. The van der Waals surface area contributed by atoms with E-state index in [-0.39, 0.29) is 17.5 Å². The zero-order chi connectivity index (χ0) is 17.5. The first-order valence-corrected chi connectivity index (χ1v) is 7.69. The molecule has 0 aliphatic carbocycles. The lowest BCUT2D eigenvalue weighted by Gasteiger charge is -2.13. The summed E-state index contributed by atoms with van der Waals surface area (Å²) in [5.41, 5.74) is 7.30. The van der Waals surface area contributed by atoms with Gasteiger partial charge in [-0.3, -0.25) is 4.79 Å². The largest absolute Gasteiger partial charge is 0.490 e. The minimum atomic E-state index is -0.236. The molecule has 0 spiro atoms. The van der Waals surface area contributed by atoms with Gasteiger partial charge in [0.2, 0.25) is 5.95 Å². The molecule has 128 valence electrons. The summed E-state index contributed by atoms with van der Waals surface area (Å²) in [6.45, 7) is 3.50. The van der Waals surface area contributed by atoms with Crippen LogP contribution in [-0.2, 0) is 4.74 Å². The predicted molar refractivity (Wildman–Crippen MR) is 91.9 cm³/mol. The molecular formula is C17H22N4O3. The van der Waals surface area contributed by atoms with Crippen LogP contribution in [0.4, 0.5) is 5.95 Å². The van der Waals surface area contributed by atoms with Gasteiger partial charge in [-0.15, -0.1) is 0 Å². The maximum atomic E-state index is 12.1. The molecule has 7 nitrogen and oxygen atoms in total. The Hall–Kier alpha value is -2.67. The van der Waals surface area contributed by atoms with E-state index in [2.05, 4.69) is 9.97 Å². The number of nitrogen functional groups attached to an aromatic ring is 1. The number of hydrogen-bond donors (Lipinski definition) is 1. The summed E-state index contributed by atoms with van der Waals surface area (Å²) in [5, 5.41) is 0. The van der Waals surface area contributed by atoms with Crippen LogP contribution >= 0.6 is 0 Å². The summed E-state index contributed by atoms with van der Waals surface area (Å²) in [5.74, 6) is 0.459. The van der Waals surface area contributed by atoms with E-state index in [0.29, 0.717) is 31.3 Å². The van der Waals surface area contributed by atoms with Crippen LogP contribution in [-0.4, -0.2) is 54.7 Å². The standard InChI is InChI=1S/C17H22N4O3/c1-4-23-9-10-24-15-8-6-5-7-12(15)13-11-14(16(22)21(2)3)20-17(18)19-13/h5-8,11H,4,9-10H2,1-3H3,(H2,18,19,20). The molecule has 0 saturated carbocycles. The van der Waals surface area contributed by atoms with Gasteiger partial charge in [-0.1, -0.05) is 12.1 Å². The van der Waals surface area contributed by atoms with Crippen molar-refractivity contribution in [1.82, 2.24) is 14.9 Å². The van der Waals surface area contributed by atoms with E-state index in [9.17, 15) is 4.79 Å². The molecule has 2 aromatic rings. The third-order valence-corrected chi connectivity index (χ3v) is 3.22.